The van der Waals surface area contributed by atoms with E-state index in [4.69, 9.17) is 4.74 Å². The fraction of sp³-hybridized carbons (Fsp3) is 0.591. The number of amides is 2. The molecule has 0 bridgehead atoms. The van der Waals surface area contributed by atoms with Gasteiger partial charge >= 0.3 is 0 Å². The number of hydrogen-bond acceptors (Lipinski definition) is 6. The van der Waals surface area contributed by atoms with E-state index in [0.717, 1.165) is 0 Å². The van der Waals surface area contributed by atoms with Gasteiger partial charge in [-0.05, 0) is 31.9 Å². The van der Waals surface area contributed by atoms with E-state index in [9.17, 15) is 22.8 Å². The van der Waals surface area contributed by atoms with Crippen LogP contribution in [0.1, 0.15) is 49.4 Å². The molecule has 31 heavy (non-hydrogen) atoms. The van der Waals surface area contributed by atoms with Gasteiger partial charge in [-0.15, -0.1) is 0 Å². The lowest BCUT2D eigenvalue weighted by molar-refractivity contribution is -0.145. The van der Waals surface area contributed by atoms with E-state index >= 15 is 0 Å². The topological polar surface area (TPSA) is 101 Å². The normalized spacial score (nSPS) is 28.6. The summed E-state index contributed by atoms with van der Waals surface area (Å²) in [6.45, 7) is 1.98. The molecule has 3 aliphatic rings. The Bertz CT molecular complexity index is 1020. The number of ketones is 1. The van der Waals surface area contributed by atoms with E-state index in [-0.39, 0.29) is 48.0 Å². The zero-order chi connectivity index (χ0) is 22.4. The van der Waals surface area contributed by atoms with Gasteiger partial charge in [0, 0.05) is 32.5 Å². The molecule has 8 nitrogen and oxygen atoms in total. The molecule has 0 N–H and O–H groups in total. The standard InChI is InChI=1S/C22H28N2O6S/c1-15(21(27)23(2)16-8-12-31(28,29)14-16)24-11-10-22(9-7-20(24)26)13-18(25)17-5-3-4-6-19(17)30-22/h3-6,15-16H,7-14H2,1-2H3/t15-,16-,22-/m1/s1. The molecule has 3 atom stereocenters. The van der Waals surface area contributed by atoms with Crippen LogP contribution >= 0.6 is 0 Å². The highest BCUT2D eigenvalue weighted by atomic mass is 32.2. The maximum Gasteiger partial charge on any atom is 0.245 e. The fourth-order valence-corrected chi connectivity index (χ4v) is 6.65. The molecular formula is C22H28N2O6S. The van der Waals surface area contributed by atoms with Crippen LogP contribution in [0.15, 0.2) is 24.3 Å². The van der Waals surface area contributed by atoms with Gasteiger partial charge in [-0.25, -0.2) is 8.42 Å². The second kappa shape index (κ2) is 7.93. The average molecular weight is 449 g/mol. The third-order valence-corrected chi connectivity index (χ3v) is 8.60. The molecule has 9 heteroatoms. The number of sulfone groups is 1. The molecule has 0 unspecified atom stereocenters. The first kappa shape index (κ1) is 21.8. The molecule has 2 fully saturated rings. The number of nitrogens with zero attached hydrogens (tertiary/aromatic N) is 2. The summed E-state index contributed by atoms with van der Waals surface area (Å²) < 4.78 is 29.8. The summed E-state index contributed by atoms with van der Waals surface area (Å²) in [7, 11) is -1.51. The molecule has 2 saturated heterocycles. The van der Waals surface area contributed by atoms with Crippen molar-refractivity contribution in [2.75, 3.05) is 25.1 Å². The van der Waals surface area contributed by atoms with Gasteiger partial charge in [-0.1, -0.05) is 12.1 Å². The number of ether oxygens (including phenoxy) is 1. The summed E-state index contributed by atoms with van der Waals surface area (Å²) in [6, 6.07) is 6.08. The van der Waals surface area contributed by atoms with Crippen LogP contribution in [0.5, 0.6) is 5.75 Å². The second-order valence-corrected chi connectivity index (χ2v) is 11.1. The van der Waals surface area contributed by atoms with Crippen molar-refractivity contribution in [3.05, 3.63) is 29.8 Å². The van der Waals surface area contributed by atoms with Crippen LogP contribution in [0.4, 0.5) is 0 Å². The number of benzene rings is 1. The van der Waals surface area contributed by atoms with Gasteiger partial charge in [-0.3, -0.25) is 14.4 Å². The molecule has 1 spiro atoms. The first-order chi connectivity index (χ1) is 14.6. The van der Waals surface area contributed by atoms with E-state index in [2.05, 4.69) is 0 Å². The largest absolute Gasteiger partial charge is 0.486 e. The molecule has 4 rings (SSSR count). The van der Waals surface area contributed by atoms with Crippen molar-refractivity contribution in [1.29, 1.82) is 0 Å². The highest BCUT2D eigenvalue weighted by Crippen LogP contribution is 2.39. The molecule has 2 amide bonds. The van der Waals surface area contributed by atoms with Gasteiger partial charge in [0.15, 0.2) is 15.6 Å². The van der Waals surface area contributed by atoms with E-state index in [1.165, 1.54) is 4.90 Å². The highest BCUT2D eigenvalue weighted by molar-refractivity contribution is 7.91. The first-order valence-corrected chi connectivity index (χ1v) is 12.5. The number of hydrogen-bond donors (Lipinski definition) is 0. The van der Waals surface area contributed by atoms with E-state index < -0.39 is 21.5 Å². The summed E-state index contributed by atoms with van der Waals surface area (Å²) in [5.41, 5.74) is -0.179. The molecule has 1 aromatic rings. The molecular weight excluding hydrogens is 420 g/mol. The van der Waals surface area contributed by atoms with Crippen molar-refractivity contribution < 1.29 is 27.5 Å². The molecule has 3 aliphatic heterocycles. The monoisotopic (exact) mass is 448 g/mol. The van der Waals surface area contributed by atoms with Gasteiger partial charge < -0.3 is 14.5 Å². The van der Waals surface area contributed by atoms with Gasteiger partial charge in [0.1, 0.15) is 17.4 Å². The highest BCUT2D eigenvalue weighted by Gasteiger charge is 2.44. The summed E-state index contributed by atoms with van der Waals surface area (Å²) in [5, 5.41) is 0. The molecule has 0 aliphatic carbocycles. The van der Waals surface area contributed by atoms with E-state index in [1.807, 2.05) is 6.07 Å². The van der Waals surface area contributed by atoms with Crippen LogP contribution in [0, 0.1) is 0 Å². The second-order valence-electron chi connectivity index (χ2n) is 8.90. The zero-order valence-corrected chi connectivity index (χ0v) is 18.7. The number of likely N-dealkylation sites (tertiary alicyclic amines) is 1. The lowest BCUT2D eigenvalue weighted by Crippen LogP contribution is -2.51. The van der Waals surface area contributed by atoms with Crippen LogP contribution in [0.25, 0.3) is 0 Å². The average Bonchev–Trinajstić information content (AvgIpc) is 3.03. The molecule has 0 radical (unpaired) electrons. The van der Waals surface area contributed by atoms with Crippen LogP contribution in [-0.4, -0.2) is 78.6 Å². The summed E-state index contributed by atoms with van der Waals surface area (Å²) in [5.74, 6) is 0.188. The number of para-hydroxylation sites is 1. The number of fused-ring (bicyclic) bond motifs is 1. The number of rotatable bonds is 3. The third kappa shape index (κ3) is 4.20. The van der Waals surface area contributed by atoms with Gasteiger partial charge in [0.25, 0.3) is 0 Å². The van der Waals surface area contributed by atoms with Crippen LogP contribution < -0.4 is 4.74 Å². The predicted molar refractivity (Wildman–Crippen MR) is 114 cm³/mol. The number of Topliss-reactive ketones (excluding diaryl/α,β-unsaturated/α-hetero) is 1. The quantitative estimate of drug-likeness (QED) is 0.694. The number of likely N-dealkylation sites (N-methyl/N-ethyl adjacent to an activating group) is 1. The van der Waals surface area contributed by atoms with E-state index in [0.29, 0.717) is 37.1 Å². The number of carbonyl (C=O) groups is 3. The first-order valence-electron chi connectivity index (χ1n) is 10.7. The van der Waals surface area contributed by atoms with Gasteiger partial charge in [-0.2, -0.15) is 0 Å². The molecule has 1 aromatic carbocycles. The smallest absolute Gasteiger partial charge is 0.245 e. The minimum Gasteiger partial charge on any atom is -0.486 e. The third-order valence-electron chi connectivity index (χ3n) is 6.85. The maximum absolute atomic E-state index is 13.0. The lowest BCUT2D eigenvalue weighted by Gasteiger charge is -2.37. The predicted octanol–water partition coefficient (Wildman–Crippen LogP) is 1.44. The molecule has 0 saturated carbocycles. The summed E-state index contributed by atoms with van der Waals surface area (Å²) in [4.78, 5) is 41.6. The fourth-order valence-electron chi connectivity index (χ4n) is 4.87. The van der Waals surface area contributed by atoms with Crippen molar-refractivity contribution in [2.24, 2.45) is 0 Å². The summed E-state index contributed by atoms with van der Waals surface area (Å²) in [6.07, 6.45) is 1.70. The van der Waals surface area contributed by atoms with Crippen molar-refractivity contribution in [3.8, 4) is 5.75 Å². The minimum absolute atomic E-state index is 0.00838. The van der Waals surface area contributed by atoms with E-state index in [1.54, 1.807) is 37.1 Å². The molecule has 3 heterocycles. The molecule has 168 valence electrons. The maximum atomic E-state index is 13.0. The molecule has 0 aromatic heterocycles. The van der Waals surface area contributed by atoms with Crippen molar-refractivity contribution in [2.45, 2.75) is 56.7 Å². The minimum atomic E-state index is -3.11. The Morgan fingerprint density at radius 1 is 1.26 bits per heavy atom. The van der Waals surface area contributed by atoms with Gasteiger partial charge in [0.2, 0.25) is 11.8 Å². The Morgan fingerprint density at radius 2 is 2.00 bits per heavy atom. The Morgan fingerprint density at radius 3 is 2.71 bits per heavy atom. The van der Waals surface area contributed by atoms with Crippen LogP contribution in [0.3, 0.4) is 0 Å². The van der Waals surface area contributed by atoms with Crippen molar-refractivity contribution >= 4 is 27.4 Å². The Balaban J connectivity index is 1.47. The Hall–Kier alpha value is -2.42. The van der Waals surface area contributed by atoms with Crippen LogP contribution in [0.2, 0.25) is 0 Å². The zero-order valence-electron chi connectivity index (χ0n) is 17.9. The Labute approximate surface area is 182 Å². The lowest BCUT2D eigenvalue weighted by atomic mass is 9.84. The Kier molecular flexibility index (Phi) is 5.57. The van der Waals surface area contributed by atoms with Crippen molar-refractivity contribution in [3.63, 3.8) is 0 Å². The SMILES string of the molecule is C[C@H](C(=O)N(C)[C@@H]1CCS(=O)(=O)C1)N1CC[C@]2(CCC1=O)CC(=O)c1ccccc1O2. The van der Waals surface area contributed by atoms with Crippen LogP contribution in [-0.2, 0) is 19.4 Å². The van der Waals surface area contributed by atoms with Crippen molar-refractivity contribution in [1.82, 2.24) is 9.80 Å². The number of carbonyl (C=O) groups excluding carboxylic acids is 3. The summed E-state index contributed by atoms with van der Waals surface area (Å²) >= 11 is 0. The van der Waals surface area contributed by atoms with Gasteiger partial charge in [0.05, 0.1) is 23.5 Å².